The molecule has 0 saturated heterocycles. The molecular weight excluding hydrogens is 524 g/mol. The van der Waals surface area contributed by atoms with Crippen LogP contribution in [0.3, 0.4) is 0 Å². The molecule has 1 fully saturated rings. The monoisotopic (exact) mass is 568 g/mol. The van der Waals surface area contributed by atoms with Crippen molar-refractivity contribution in [2.24, 2.45) is 16.5 Å². The molecule has 3 unspecified atom stereocenters. The molecule has 1 saturated carbocycles. The maximum absolute atomic E-state index is 10.7. The van der Waals surface area contributed by atoms with Crippen LogP contribution in [0.2, 0.25) is 0 Å². The number of nitrogens with two attached hydrogens (primary N) is 1. The molecule has 4 nitrogen and oxygen atoms in total. The van der Waals surface area contributed by atoms with Gasteiger partial charge in [0.05, 0.1) is 0 Å². The molecule has 216 valence electrons. The van der Waals surface area contributed by atoms with Crippen LogP contribution >= 0.6 is 12.1 Å². The number of carbonyl (C=O) groups is 1. The molecule has 2 aliphatic rings. The predicted octanol–water partition coefficient (Wildman–Crippen LogP) is 9.18. The van der Waals surface area contributed by atoms with Gasteiger partial charge >= 0.3 is 5.97 Å². The molecule has 0 bridgehead atoms. The van der Waals surface area contributed by atoms with Gasteiger partial charge in [-0.3, -0.25) is 9.93 Å². The van der Waals surface area contributed by atoms with Crippen LogP contribution in [0.4, 0.5) is 0 Å². The molecule has 0 radical (unpaired) electrons. The standard InChI is InChI=1S/C36H44N2O2S/c1-26(30-21-14-19-27-15-12-13-20-31(27)30)36-24-23-33(38-41-37)32(36)25-29(35(36)28-16-9-7-10-17-28)18-8-5-3-2-4-6-11-22-34(39)40/h7,9-10,12-17,19-21,32-33,38H,1-6,8,11,18,22-25,37H2,(H,39,40). The summed E-state index contributed by atoms with van der Waals surface area (Å²) >= 11 is 1.26. The highest BCUT2D eigenvalue weighted by Gasteiger charge is 2.57. The molecule has 0 aliphatic heterocycles. The lowest BCUT2D eigenvalue weighted by Crippen LogP contribution is -2.35. The zero-order chi connectivity index (χ0) is 28.7. The first-order valence-corrected chi connectivity index (χ1v) is 16.2. The minimum Gasteiger partial charge on any atom is -0.481 e. The molecule has 0 aromatic heterocycles. The van der Waals surface area contributed by atoms with Gasteiger partial charge in [0.1, 0.15) is 0 Å². The van der Waals surface area contributed by atoms with Crippen molar-refractivity contribution >= 4 is 40.0 Å². The minimum atomic E-state index is -0.683. The number of aliphatic carboxylic acids is 1. The molecule has 5 heteroatoms. The van der Waals surface area contributed by atoms with Gasteiger partial charge in [0.15, 0.2) is 0 Å². The van der Waals surface area contributed by atoms with Gasteiger partial charge in [-0.05, 0) is 77.5 Å². The maximum Gasteiger partial charge on any atom is 0.303 e. The minimum absolute atomic E-state index is 0.127. The quantitative estimate of drug-likeness (QED) is 0.126. The highest BCUT2D eigenvalue weighted by Crippen LogP contribution is 2.66. The van der Waals surface area contributed by atoms with Crippen molar-refractivity contribution in [3.8, 4) is 0 Å². The third-order valence-electron chi connectivity index (χ3n) is 9.54. The second-order valence-electron chi connectivity index (χ2n) is 11.9. The van der Waals surface area contributed by atoms with E-state index in [0.717, 1.165) is 44.9 Å². The fourth-order valence-corrected chi connectivity index (χ4v) is 8.15. The van der Waals surface area contributed by atoms with Crippen LogP contribution < -0.4 is 9.86 Å². The average Bonchev–Trinajstić information content (AvgIpc) is 3.51. The summed E-state index contributed by atoms with van der Waals surface area (Å²) in [6, 6.07) is 26.7. The SMILES string of the molecule is C=C(c1cccc2ccccc12)C12CCC(NSN)C1CC(CCCCCCCCCC(=O)O)=C2c1ccccc1. The van der Waals surface area contributed by atoms with E-state index in [1.165, 1.54) is 70.9 Å². The lowest BCUT2D eigenvalue weighted by atomic mass is 9.66. The van der Waals surface area contributed by atoms with Crippen LogP contribution in [-0.4, -0.2) is 17.1 Å². The molecular formula is C36H44N2O2S. The van der Waals surface area contributed by atoms with E-state index in [0.29, 0.717) is 18.4 Å². The largest absolute Gasteiger partial charge is 0.481 e. The van der Waals surface area contributed by atoms with Crippen molar-refractivity contribution in [2.75, 3.05) is 0 Å². The zero-order valence-electron chi connectivity index (χ0n) is 24.1. The van der Waals surface area contributed by atoms with Gasteiger partial charge in [-0.25, -0.2) is 4.72 Å². The Kier molecular flexibility index (Phi) is 10.0. The predicted molar refractivity (Wildman–Crippen MR) is 174 cm³/mol. The van der Waals surface area contributed by atoms with Crippen molar-refractivity contribution in [1.82, 2.24) is 4.72 Å². The number of nitrogens with one attached hydrogen (secondary N) is 1. The van der Waals surface area contributed by atoms with Crippen LogP contribution in [-0.2, 0) is 4.79 Å². The van der Waals surface area contributed by atoms with Crippen LogP contribution in [0.5, 0.6) is 0 Å². The Morgan fingerprint density at radius 1 is 0.927 bits per heavy atom. The third kappa shape index (κ3) is 6.33. The number of allylic oxidation sites excluding steroid dienone is 3. The normalized spacial score (nSPS) is 21.9. The van der Waals surface area contributed by atoms with E-state index in [1.807, 2.05) is 0 Å². The molecule has 4 N–H and O–H groups in total. The van der Waals surface area contributed by atoms with Crippen molar-refractivity contribution in [3.05, 3.63) is 96.1 Å². The van der Waals surface area contributed by atoms with Crippen LogP contribution in [0.25, 0.3) is 21.9 Å². The van der Waals surface area contributed by atoms with Gasteiger partial charge < -0.3 is 5.11 Å². The molecule has 3 aromatic rings. The number of hydrogen-bond acceptors (Lipinski definition) is 4. The van der Waals surface area contributed by atoms with E-state index in [1.54, 1.807) is 5.57 Å². The zero-order valence-corrected chi connectivity index (χ0v) is 24.9. The molecule has 5 rings (SSSR count). The van der Waals surface area contributed by atoms with Gasteiger partial charge in [0.2, 0.25) is 0 Å². The first kappa shape index (κ1) is 29.6. The summed E-state index contributed by atoms with van der Waals surface area (Å²) in [5.74, 6) is -0.262. The van der Waals surface area contributed by atoms with Gasteiger partial charge in [0, 0.05) is 30.0 Å². The first-order chi connectivity index (χ1) is 20.1. The van der Waals surface area contributed by atoms with Gasteiger partial charge in [-0.2, -0.15) is 0 Å². The molecule has 41 heavy (non-hydrogen) atoms. The van der Waals surface area contributed by atoms with Crippen molar-refractivity contribution in [1.29, 1.82) is 0 Å². The fraction of sp³-hybridized carbons (Fsp3) is 0.417. The lowest BCUT2D eigenvalue weighted by molar-refractivity contribution is -0.137. The van der Waals surface area contributed by atoms with Crippen molar-refractivity contribution in [3.63, 3.8) is 0 Å². The summed E-state index contributed by atoms with van der Waals surface area (Å²) in [6.07, 6.45) is 12.4. The van der Waals surface area contributed by atoms with E-state index < -0.39 is 5.97 Å². The molecule has 0 amide bonds. The number of unbranched alkanes of at least 4 members (excludes halogenated alkanes) is 6. The highest BCUT2D eigenvalue weighted by molar-refractivity contribution is 7.95. The number of benzene rings is 3. The van der Waals surface area contributed by atoms with E-state index in [9.17, 15) is 4.79 Å². The Hall–Kier alpha value is -2.86. The number of rotatable bonds is 15. The second kappa shape index (κ2) is 13.9. The highest BCUT2D eigenvalue weighted by atomic mass is 32.2. The van der Waals surface area contributed by atoms with Crippen LogP contribution in [0.1, 0.15) is 88.2 Å². The Morgan fingerprint density at radius 2 is 1.61 bits per heavy atom. The average molecular weight is 569 g/mol. The lowest BCUT2D eigenvalue weighted by Gasteiger charge is -2.38. The Labute approximate surface area is 249 Å². The summed E-state index contributed by atoms with van der Waals surface area (Å²) in [6.45, 7) is 4.91. The summed E-state index contributed by atoms with van der Waals surface area (Å²) < 4.78 is 3.57. The van der Waals surface area contributed by atoms with E-state index in [4.69, 9.17) is 16.8 Å². The number of carboxylic acid groups (broad SMARTS) is 1. The van der Waals surface area contributed by atoms with Gasteiger partial charge in [0.25, 0.3) is 0 Å². The van der Waals surface area contributed by atoms with E-state index in [2.05, 4.69) is 77.5 Å². The van der Waals surface area contributed by atoms with Crippen molar-refractivity contribution < 1.29 is 9.90 Å². The Morgan fingerprint density at radius 3 is 2.37 bits per heavy atom. The second-order valence-corrected chi connectivity index (χ2v) is 12.4. The van der Waals surface area contributed by atoms with E-state index in [-0.39, 0.29) is 5.41 Å². The summed E-state index contributed by atoms with van der Waals surface area (Å²) in [5.41, 5.74) is 6.84. The first-order valence-electron chi connectivity index (χ1n) is 15.3. The third-order valence-corrected chi connectivity index (χ3v) is 9.98. The smallest absolute Gasteiger partial charge is 0.303 e. The number of fused-ring (bicyclic) bond motifs is 2. The maximum atomic E-state index is 10.7. The number of carboxylic acids is 1. The van der Waals surface area contributed by atoms with Crippen LogP contribution in [0, 0.1) is 11.3 Å². The molecule has 0 spiro atoms. The Bertz CT molecular complexity index is 1380. The molecule has 0 heterocycles. The van der Waals surface area contributed by atoms with Crippen LogP contribution in [0.15, 0.2) is 84.9 Å². The summed E-state index contributed by atoms with van der Waals surface area (Å²) in [7, 11) is 0. The summed E-state index contributed by atoms with van der Waals surface area (Å²) in [5, 5.41) is 17.4. The topological polar surface area (TPSA) is 75.3 Å². The van der Waals surface area contributed by atoms with Gasteiger partial charge in [-0.15, -0.1) is 0 Å². The molecule has 3 aromatic carbocycles. The van der Waals surface area contributed by atoms with E-state index >= 15 is 0 Å². The summed E-state index contributed by atoms with van der Waals surface area (Å²) in [4.78, 5) is 10.7. The molecule has 2 aliphatic carbocycles. The number of hydrogen-bond donors (Lipinski definition) is 3. The molecule has 3 atom stereocenters. The Balaban J connectivity index is 1.43. The van der Waals surface area contributed by atoms with Crippen molar-refractivity contribution in [2.45, 2.75) is 83.1 Å². The fourth-order valence-electron chi connectivity index (χ4n) is 7.70. The van der Waals surface area contributed by atoms with Gasteiger partial charge in [-0.1, -0.05) is 117 Å².